The summed E-state index contributed by atoms with van der Waals surface area (Å²) in [6, 6.07) is 7.37. The van der Waals surface area contributed by atoms with Crippen LogP contribution in [-0.2, 0) is 0 Å². The van der Waals surface area contributed by atoms with Crippen molar-refractivity contribution in [1.29, 1.82) is 0 Å². The Bertz CT molecular complexity index is 452. The average molecular weight is 194 g/mol. The lowest BCUT2D eigenvalue weighted by Crippen LogP contribution is -2.18. The number of nitrogens with one attached hydrogen (secondary N) is 1. The van der Waals surface area contributed by atoms with Gasteiger partial charge in [0, 0.05) is 5.39 Å². The first-order valence-corrected chi connectivity index (χ1v) is 4.39. The molecule has 13 heavy (non-hydrogen) atoms. The van der Waals surface area contributed by atoms with Crippen LogP contribution < -0.4 is 5.48 Å². The second-order valence-electron chi connectivity index (χ2n) is 2.47. The van der Waals surface area contributed by atoms with Crippen molar-refractivity contribution in [3.05, 3.63) is 30.0 Å². The smallest absolute Gasteiger partial charge is 0.288 e. The maximum atomic E-state index is 11.1. The molecule has 0 aliphatic carbocycles. The molecule has 4 nitrogen and oxygen atoms in total. The van der Waals surface area contributed by atoms with Crippen molar-refractivity contribution in [3.63, 3.8) is 0 Å². The molecule has 0 saturated carbocycles. The first-order valence-electron chi connectivity index (χ1n) is 3.62. The van der Waals surface area contributed by atoms with E-state index < -0.39 is 5.91 Å². The van der Waals surface area contributed by atoms with Gasteiger partial charge in [-0.05, 0) is 17.6 Å². The third kappa shape index (κ3) is 1.28. The van der Waals surface area contributed by atoms with Crippen LogP contribution in [0.5, 0.6) is 0 Å². The van der Waals surface area contributed by atoms with Crippen LogP contribution in [0.1, 0.15) is 10.5 Å². The zero-order valence-electron chi connectivity index (χ0n) is 6.52. The SMILES string of the molecule is O=C(NO)c1nsc2ccccc12. The standard InChI is InChI=1S/C8H6N2O2S/c11-8(9-12)7-5-3-1-2-4-6(5)13-10-7/h1-4,12H,(H,9,11). The summed E-state index contributed by atoms with van der Waals surface area (Å²) in [5.41, 5.74) is 1.83. The lowest BCUT2D eigenvalue weighted by Gasteiger charge is -1.92. The third-order valence-corrected chi connectivity index (χ3v) is 2.52. The minimum Gasteiger partial charge on any atom is -0.288 e. The summed E-state index contributed by atoms with van der Waals surface area (Å²) < 4.78 is 4.87. The molecule has 0 radical (unpaired) electrons. The van der Waals surface area contributed by atoms with Gasteiger partial charge in [-0.2, -0.15) is 4.37 Å². The lowest BCUT2D eigenvalue weighted by molar-refractivity contribution is 0.0704. The number of carbonyl (C=O) groups is 1. The van der Waals surface area contributed by atoms with Crippen LogP contribution in [0.3, 0.4) is 0 Å². The number of nitrogens with zero attached hydrogens (tertiary/aromatic N) is 1. The zero-order chi connectivity index (χ0) is 9.26. The molecule has 2 N–H and O–H groups in total. The van der Waals surface area contributed by atoms with E-state index in [9.17, 15) is 4.79 Å². The first kappa shape index (κ1) is 8.15. The highest BCUT2D eigenvalue weighted by molar-refractivity contribution is 7.13. The highest BCUT2D eigenvalue weighted by Crippen LogP contribution is 2.21. The van der Waals surface area contributed by atoms with Gasteiger partial charge in [0.2, 0.25) is 0 Å². The first-order chi connectivity index (χ1) is 6.33. The fraction of sp³-hybridized carbons (Fsp3) is 0. The Morgan fingerprint density at radius 2 is 2.23 bits per heavy atom. The molecule has 0 aliphatic rings. The Kier molecular flexibility index (Phi) is 1.96. The van der Waals surface area contributed by atoms with Gasteiger partial charge in [-0.3, -0.25) is 10.0 Å². The number of fused-ring (bicyclic) bond motifs is 1. The van der Waals surface area contributed by atoms with E-state index >= 15 is 0 Å². The lowest BCUT2D eigenvalue weighted by atomic mass is 10.2. The number of benzene rings is 1. The number of rotatable bonds is 1. The van der Waals surface area contributed by atoms with Gasteiger partial charge >= 0.3 is 0 Å². The minimum atomic E-state index is -0.572. The van der Waals surface area contributed by atoms with E-state index in [2.05, 4.69) is 4.37 Å². The average Bonchev–Trinajstić information content (AvgIpc) is 2.60. The predicted molar refractivity (Wildman–Crippen MR) is 48.9 cm³/mol. The molecule has 0 bridgehead atoms. The zero-order valence-corrected chi connectivity index (χ0v) is 7.34. The normalized spacial score (nSPS) is 10.2. The molecule has 0 unspecified atom stereocenters. The van der Waals surface area contributed by atoms with Crippen LogP contribution in [0.25, 0.3) is 10.1 Å². The Morgan fingerprint density at radius 3 is 3.00 bits per heavy atom. The molecule has 1 amide bonds. The summed E-state index contributed by atoms with van der Waals surface area (Å²) >= 11 is 1.24. The van der Waals surface area contributed by atoms with Gasteiger partial charge in [0.1, 0.15) is 0 Å². The van der Waals surface area contributed by atoms with E-state index in [1.54, 1.807) is 11.5 Å². The van der Waals surface area contributed by atoms with Gasteiger partial charge in [0.05, 0.1) is 4.70 Å². The molecule has 66 valence electrons. The number of hydrogen-bond donors (Lipinski definition) is 2. The van der Waals surface area contributed by atoms with Crippen LogP contribution in [0.2, 0.25) is 0 Å². The van der Waals surface area contributed by atoms with Crippen LogP contribution in [0.15, 0.2) is 24.3 Å². The van der Waals surface area contributed by atoms with Gasteiger partial charge in [-0.1, -0.05) is 18.2 Å². The van der Waals surface area contributed by atoms with Crippen LogP contribution >= 0.6 is 11.5 Å². The molecule has 1 aromatic carbocycles. The molecule has 0 fully saturated rings. The topological polar surface area (TPSA) is 62.2 Å². The Balaban J connectivity index is 2.64. The number of hydroxylamine groups is 1. The Hall–Kier alpha value is -1.46. The number of carbonyl (C=O) groups excluding carboxylic acids is 1. The highest BCUT2D eigenvalue weighted by atomic mass is 32.1. The minimum absolute atomic E-state index is 0.267. The molecule has 2 rings (SSSR count). The largest absolute Gasteiger partial charge is 0.294 e. The van der Waals surface area contributed by atoms with Crippen molar-refractivity contribution < 1.29 is 10.0 Å². The van der Waals surface area contributed by atoms with Crippen LogP contribution in [0, 0.1) is 0 Å². The van der Waals surface area contributed by atoms with Crippen molar-refractivity contribution in [2.45, 2.75) is 0 Å². The Morgan fingerprint density at radius 1 is 1.46 bits per heavy atom. The van der Waals surface area contributed by atoms with Crippen LogP contribution in [-0.4, -0.2) is 15.5 Å². The van der Waals surface area contributed by atoms with Crippen molar-refractivity contribution in [3.8, 4) is 0 Å². The van der Waals surface area contributed by atoms with E-state index in [0.717, 1.165) is 10.1 Å². The van der Waals surface area contributed by atoms with Crippen molar-refractivity contribution >= 4 is 27.5 Å². The summed E-state index contributed by atoms with van der Waals surface area (Å²) in [4.78, 5) is 11.1. The highest BCUT2D eigenvalue weighted by Gasteiger charge is 2.12. The van der Waals surface area contributed by atoms with Crippen LogP contribution in [0.4, 0.5) is 0 Å². The molecule has 1 heterocycles. The molecule has 0 spiro atoms. The quantitative estimate of drug-likeness (QED) is 0.533. The van der Waals surface area contributed by atoms with Gasteiger partial charge in [0.25, 0.3) is 5.91 Å². The predicted octanol–water partition coefficient (Wildman–Crippen LogP) is 1.42. The van der Waals surface area contributed by atoms with Crippen molar-refractivity contribution in [1.82, 2.24) is 9.85 Å². The number of aromatic nitrogens is 1. The maximum Gasteiger partial charge on any atom is 0.294 e. The third-order valence-electron chi connectivity index (χ3n) is 1.69. The molecule has 1 aromatic heterocycles. The summed E-state index contributed by atoms with van der Waals surface area (Å²) in [6.45, 7) is 0. The summed E-state index contributed by atoms with van der Waals surface area (Å²) in [7, 11) is 0. The van der Waals surface area contributed by atoms with Gasteiger partial charge in [-0.25, -0.2) is 5.48 Å². The van der Waals surface area contributed by atoms with E-state index in [1.807, 2.05) is 18.2 Å². The summed E-state index contributed by atoms with van der Waals surface area (Å²) in [5, 5.41) is 9.19. The fourth-order valence-electron chi connectivity index (χ4n) is 1.10. The van der Waals surface area contributed by atoms with E-state index in [0.29, 0.717) is 0 Å². The maximum absolute atomic E-state index is 11.1. The van der Waals surface area contributed by atoms with E-state index in [-0.39, 0.29) is 5.69 Å². The molecule has 0 aliphatic heterocycles. The second-order valence-corrected chi connectivity index (χ2v) is 3.27. The molecule has 5 heteroatoms. The monoisotopic (exact) mass is 194 g/mol. The fourth-order valence-corrected chi connectivity index (χ4v) is 1.88. The molecule has 2 aromatic rings. The van der Waals surface area contributed by atoms with Gasteiger partial charge < -0.3 is 0 Å². The number of amides is 1. The molecular formula is C8H6N2O2S. The van der Waals surface area contributed by atoms with E-state index in [4.69, 9.17) is 5.21 Å². The molecule has 0 saturated heterocycles. The molecular weight excluding hydrogens is 188 g/mol. The van der Waals surface area contributed by atoms with E-state index in [1.165, 1.54) is 11.5 Å². The second kappa shape index (κ2) is 3.12. The summed E-state index contributed by atoms with van der Waals surface area (Å²) in [5.74, 6) is -0.572. The van der Waals surface area contributed by atoms with Crippen molar-refractivity contribution in [2.75, 3.05) is 0 Å². The van der Waals surface area contributed by atoms with Crippen molar-refractivity contribution in [2.24, 2.45) is 0 Å². The summed E-state index contributed by atoms with van der Waals surface area (Å²) in [6.07, 6.45) is 0. The van der Waals surface area contributed by atoms with Gasteiger partial charge in [-0.15, -0.1) is 0 Å². The Labute approximate surface area is 77.9 Å². The number of hydrogen-bond acceptors (Lipinski definition) is 4. The van der Waals surface area contributed by atoms with Gasteiger partial charge in [0.15, 0.2) is 5.69 Å². The molecule has 0 atom stereocenters.